The fraction of sp³-hybridized carbons (Fsp3) is 0. The Morgan fingerprint density at radius 1 is 1.55 bits per heavy atom. The number of hydrazone groups is 1. The maximum atomic E-state index is 8.77. The van der Waals surface area contributed by atoms with Crippen molar-refractivity contribution in [3.05, 3.63) is 23.2 Å². The molecular formula is C10H8ClN9. The number of tetrazole rings is 1. The highest BCUT2D eigenvalue weighted by Gasteiger charge is 2.10. The minimum absolute atomic E-state index is 0.246. The van der Waals surface area contributed by atoms with E-state index in [1.165, 1.54) is 0 Å². The summed E-state index contributed by atoms with van der Waals surface area (Å²) >= 11 is 5.91. The van der Waals surface area contributed by atoms with Gasteiger partial charge in [-0.3, -0.25) is 10.8 Å². The molecule has 0 radical (unpaired) electrons. The van der Waals surface area contributed by atoms with Crippen molar-refractivity contribution in [2.75, 3.05) is 5.43 Å². The number of nitriles is 1. The van der Waals surface area contributed by atoms with Crippen LogP contribution in [0.5, 0.6) is 0 Å². The van der Waals surface area contributed by atoms with Crippen LogP contribution in [-0.2, 0) is 0 Å². The third-order valence-electron chi connectivity index (χ3n) is 2.22. The third kappa shape index (κ3) is 2.88. The highest BCUT2D eigenvalue weighted by atomic mass is 35.5. The fourth-order valence-electron chi connectivity index (χ4n) is 1.34. The van der Waals surface area contributed by atoms with Crippen LogP contribution in [0, 0.1) is 16.7 Å². The zero-order valence-corrected chi connectivity index (χ0v) is 10.7. The van der Waals surface area contributed by atoms with E-state index in [4.69, 9.17) is 28.0 Å². The van der Waals surface area contributed by atoms with Crippen LogP contribution >= 0.6 is 11.6 Å². The van der Waals surface area contributed by atoms with Gasteiger partial charge in [-0.1, -0.05) is 11.6 Å². The van der Waals surface area contributed by atoms with Gasteiger partial charge in [0.1, 0.15) is 6.07 Å². The Hall–Kier alpha value is -2.99. The summed E-state index contributed by atoms with van der Waals surface area (Å²) in [5.41, 5.74) is 8.59. The second kappa shape index (κ2) is 5.77. The lowest BCUT2D eigenvalue weighted by Gasteiger charge is -2.06. The van der Waals surface area contributed by atoms with Crippen molar-refractivity contribution >= 4 is 28.8 Å². The largest absolute Gasteiger partial charge is 0.382 e. The molecule has 0 atom stereocenters. The van der Waals surface area contributed by atoms with E-state index in [1.807, 2.05) is 0 Å². The number of aromatic amines is 1. The highest BCUT2D eigenvalue weighted by molar-refractivity contribution is 6.45. The first-order chi connectivity index (χ1) is 9.61. The van der Waals surface area contributed by atoms with Crippen LogP contribution in [0.3, 0.4) is 0 Å². The van der Waals surface area contributed by atoms with Gasteiger partial charge in [0.15, 0.2) is 5.84 Å². The molecule has 0 aliphatic carbocycles. The molecule has 9 nitrogen and oxygen atoms in total. The molecule has 1 aromatic heterocycles. The Morgan fingerprint density at radius 2 is 2.35 bits per heavy atom. The third-order valence-corrected chi connectivity index (χ3v) is 2.45. The normalized spacial score (nSPS) is 10.9. The minimum atomic E-state index is -0.442. The fourth-order valence-corrected chi connectivity index (χ4v) is 1.51. The summed E-state index contributed by atoms with van der Waals surface area (Å²) in [4.78, 5) is 0. The van der Waals surface area contributed by atoms with Gasteiger partial charge in [-0.2, -0.15) is 15.6 Å². The zero-order chi connectivity index (χ0) is 14.5. The number of benzene rings is 1. The number of nitrogens with two attached hydrogens (primary N) is 1. The Balaban J connectivity index is 2.39. The highest BCUT2D eigenvalue weighted by Crippen LogP contribution is 2.27. The van der Waals surface area contributed by atoms with Crippen molar-refractivity contribution in [1.82, 2.24) is 20.6 Å². The summed E-state index contributed by atoms with van der Waals surface area (Å²) in [7, 11) is 0. The van der Waals surface area contributed by atoms with Gasteiger partial charge in [-0.15, -0.1) is 10.2 Å². The summed E-state index contributed by atoms with van der Waals surface area (Å²) < 4.78 is 0. The molecule has 5 N–H and O–H groups in total. The molecule has 0 saturated carbocycles. The molecule has 0 aliphatic rings. The van der Waals surface area contributed by atoms with Gasteiger partial charge in [0.05, 0.1) is 5.69 Å². The van der Waals surface area contributed by atoms with Crippen molar-refractivity contribution < 1.29 is 0 Å². The summed E-state index contributed by atoms with van der Waals surface area (Å²) in [5, 5.41) is 33.6. The van der Waals surface area contributed by atoms with E-state index in [-0.39, 0.29) is 5.71 Å². The number of hydrogen-bond donors (Lipinski definition) is 4. The van der Waals surface area contributed by atoms with Crippen LogP contribution in [0.4, 0.5) is 5.69 Å². The quantitative estimate of drug-likeness (QED) is 0.370. The first-order valence-corrected chi connectivity index (χ1v) is 5.61. The summed E-state index contributed by atoms with van der Waals surface area (Å²) in [6.45, 7) is 0. The smallest absolute Gasteiger partial charge is 0.206 e. The molecule has 20 heavy (non-hydrogen) atoms. The van der Waals surface area contributed by atoms with Gasteiger partial charge in [0.25, 0.3) is 0 Å². The molecule has 1 heterocycles. The van der Waals surface area contributed by atoms with Crippen molar-refractivity contribution in [1.29, 1.82) is 10.7 Å². The second-order valence-electron chi connectivity index (χ2n) is 3.52. The molecule has 0 spiro atoms. The van der Waals surface area contributed by atoms with E-state index in [9.17, 15) is 0 Å². The summed E-state index contributed by atoms with van der Waals surface area (Å²) in [5.74, 6) is -0.108. The Kier molecular flexibility index (Phi) is 3.88. The summed E-state index contributed by atoms with van der Waals surface area (Å²) in [6.07, 6.45) is 0. The van der Waals surface area contributed by atoms with E-state index in [1.54, 1.807) is 24.3 Å². The zero-order valence-electron chi connectivity index (χ0n) is 9.92. The molecule has 0 saturated heterocycles. The topological polar surface area (TPSA) is 153 Å². The number of rotatable bonds is 4. The van der Waals surface area contributed by atoms with Crippen LogP contribution in [0.25, 0.3) is 11.4 Å². The lowest BCUT2D eigenvalue weighted by Crippen LogP contribution is -2.21. The van der Waals surface area contributed by atoms with E-state index in [2.05, 4.69) is 31.2 Å². The number of hydrogen-bond acceptors (Lipinski definition) is 7. The van der Waals surface area contributed by atoms with E-state index in [0.717, 1.165) is 0 Å². The van der Waals surface area contributed by atoms with E-state index >= 15 is 0 Å². The molecule has 10 heteroatoms. The predicted molar refractivity (Wildman–Crippen MR) is 73.2 cm³/mol. The van der Waals surface area contributed by atoms with Gasteiger partial charge >= 0.3 is 0 Å². The number of H-pyrrole nitrogens is 1. The molecule has 0 fully saturated rings. The number of amidine groups is 1. The van der Waals surface area contributed by atoms with Gasteiger partial charge in [-0.25, -0.2) is 0 Å². The Morgan fingerprint density at radius 3 is 2.95 bits per heavy atom. The molecule has 2 rings (SSSR count). The monoisotopic (exact) mass is 289 g/mol. The molecule has 1 aromatic carbocycles. The van der Waals surface area contributed by atoms with Crippen molar-refractivity contribution in [3.63, 3.8) is 0 Å². The van der Waals surface area contributed by atoms with E-state index < -0.39 is 5.84 Å². The number of halogens is 1. The SMILES string of the molecule is N#C/C(=N\Nc1cc(Cl)ccc1-c1nn[nH]n1)C(=N)N. The van der Waals surface area contributed by atoms with Crippen LogP contribution in [-0.4, -0.2) is 32.2 Å². The first-order valence-electron chi connectivity index (χ1n) is 5.23. The first kappa shape index (κ1) is 13.4. The molecular weight excluding hydrogens is 282 g/mol. The maximum Gasteiger partial charge on any atom is 0.206 e. The van der Waals surface area contributed by atoms with Crippen LogP contribution in [0.15, 0.2) is 23.3 Å². The van der Waals surface area contributed by atoms with Crippen molar-refractivity contribution in [2.45, 2.75) is 0 Å². The average Bonchev–Trinajstić information content (AvgIpc) is 2.93. The van der Waals surface area contributed by atoms with Gasteiger partial charge in [-0.05, 0) is 23.4 Å². The van der Waals surface area contributed by atoms with Gasteiger partial charge in [0, 0.05) is 10.6 Å². The molecule has 100 valence electrons. The van der Waals surface area contributed by atoms with Gasteiger partial charge in [0.2, 0.25) is 11.5 Å². The van der Waals surface area contributed by atoms with Crippen molar-refractivity contribution in [3.8, 4) is 17.5 Å². The molecule has 0 unspecified atom stereocenters. The van der Waals surface area contributed by atoms with Crippen LogP contribution in [0.2, 0.25) is 5.02 Å². The summed E-state index contributed by atoms with van der Waals surface area (Å²) in [6, 6.07) is 6.59. The number of anilines is 1. The minimum Gasteiger partial charge on any atom is -0.382 e. The Labute approximate surface area is 117 Å². The van der Waals surface area contributed by atoms with Crippen LogP contribution < -0.4 is 11.2 Å². The maximum absolute atomic E-state index is 8.77. The molecule has 0 amide bonds. The number of aromatic nitrogens is 4. The standard InChI is InChI=1S/C10H8ClN9/c11-5-1-2-6(10-17-19-20-18-10)7(3-5)15-16-8(4-12)9(13)14/h1-3,15H,(H3,13,14)(H,17,18,19,20)/b16-8+. The molecule has 0 aliphatic heterocycles. The lowest BCUT2D eigenvalue weighted by molar-refractivity contribution is 0.881. The predicted octanol–water partition coefficient (Wildman–Crippen LogP) is 0.748. The van der Waals surface area contributed by atoms with E-state index in [0.29, 0.717) is 22.1 Å². The number of nitrogens with zero attached hydrogens (tertiary/aromatic N) is 5. The average molecular weight is 290 g/mol. The Bertz CT molecular complexity index is 698. The molecule has 2 aromatic rings. The second-order valence-corrected chi connectivity index (χ2v) is 3.96. The number of nitrogens with one attached hydrogen (secondary N) is 3. The lowest BCUT2D eigenvalue weighted by atomic mass is 10.2. The van der Waals surface area contributed by atoms with Crippen LogP contribution in [0.1, 0.15) is 0 Å². The molecule has 0 bridgehead atoms. The van der Waals surface area contributed by atoms with Crippen molar-refractivity contribution in [2.24, 2.45) is 10.8 Å². The van der Waals surface area contributed by atoms with Gasteiger partial charge < -0.3 is 5.73 Å².